The van der Waals surface area contributed by atoms with E-state index in [9.17, 15) is 9.00 Å². The normalized spacial score (nSPS) is 14.1. The van der Waals surface area contributed by atoms with Crippen LogP contribution in [0.15, 0.2) is 24.5 Å². The summed E-state index contributed by atoms with van der Waals surface area (Å²) in [6, 6.07) is 3.64. The Morgan fingerprint density at radius 2 is 2.12 bits per heavy atom. The molecule has 0 aliphatic heterocycles. The fourth-order valence-electron chi connectivity index (χ4n) is 1.27. The molecular weight excluding hydrogens is 226 g/mol. The molecule has 0 saturated heterocycles. The zero-order valence-corrected chi connectivity index (χ0v) is 10.2. The highest BCUT2D eigenvalue weighted by Gasteiger charge is 2.16. The first-order valence-electron chi connectivity index (χ1n) is 4.95. The van der Waals surface area contributed by atoms with Gasteiger partial charge in [0, 0.05) is 34.7 Å². The second-order valence-electron chi connectivity index (χ2n) is 3.53. The summed E-state index contributed by atoms with van der Waals surface area (Å²) in [7, 11) is 0.286. The zero-order chi connectivity index (χ0) is 12.0. The van der Waals surface area contributed by atoms with Gasteiger partial charge in [-0.25, -0.2) is 0 Å². The van der Waals surface area contributed by atoms with E-state index >= 15 is 0 Å². The van der Waals surface area contributed by atoms with Crippen LogP contribution >= 0.6 is 0 Å². The molecule has 0 radical (unpaired) electrons. The molecule has 0 aromatic carbocycles. The van der Waals surface area contributed by atoms with Crippen LogP contribution in [0.2, 0.25) is 0 Å². The van der Waals surface area contributed by atoms with Gasteiger partial charge in [-0.15, -0.1) is 0 Å². The van der Waals surface area contributed by atoms with Gasteiger partial charge in [0.15, 0.2) is 0 Å². The molecule has 1 heterocycles. The molecule has 2 atom stereocenters. The Labute approximate surface area is 97.5 Å². The Hall–Kier alpha value is -1.23. The number of hydrogen-bond donors (Lipinski definition) is 0. The summed E-state index contributed by atoms with van der Waals surface area (Å²) in [6.07, 6.45) is 3.33. The maximum atomic E-state index is 11.7. The summed E-state index contributed by atoms with van der Waals surface area (Å²) in [4.78, 5) is 15.0. The van der Waals surface area contributed by atoms with E-state index in [-0.39, 0.29) is 11.9 Å². The largest absolute Gasteiger partial charge is 0.469 e. The summed E-state index contributed by atoms with van der Waals surface area (Å²) in [5.41, 5.74) is 0.963. The molecule has 0 amide bonds. The lowest BCUT2D eigenvalue weighted by Crippen LogP contribution is -2.20. The number of carbonyl (C=O) groups excluding carboxylic acids is 1. The van der Waals surface area contributed by atoms with Gasteiger partial charge in [-0.05, 0) is 17.7 Å². The van der Waals surface area contributed by atoms with E-state index in [1.54, 1.807) is 19.3 Å². The average Bonchev–Trinajstić information content (AvgIpc) is 2.29. The lowest BCUT2D eigenvalue weighted by Gasteiger charge is -2.08. The van der Waals surface area contributed by atoms with Gasteiger partial charge in [0.05, 0.1) is 13.0 Å². The van der Waals surface area contributed by atoms with Gasteiger partial charge in [-0.2, -0.15) is 0 Å². The minimum Gasteiger partial charge on any atom is -0.469 e. The van der Waals surface area contributed by atoms with E-state index in [0.717, 1.165) is 5.56 Å². The van der Waals surface area contributed by atoms with Gasteiger partial charge in [-0.3, -0.25) is 14.0 Å². The maximum absolute atomic E-state index is 11.7. The number of rotatable bonds is 5. The second-order valence-corrected chi connectivity index (χ2v) is 5.03. The molecule has 1 rings (SSSR count). The van der Waals surface area contributed by atoms with Crippen LogP contribution in [0.25, 0.3) is 0 Å². The smallest absolute Gasteiger partial charge is 0.309 e. The van der Waals surface area contributed by atoms with Gasteiger partial charge in [-0.1, -0.05) is 6.92 Å². The number of carbonyl (C=O) groups is 1. The van der Waals surface area contributed by atoms with Crippen LogP contribution in [0.5, 0.6) is 0 Å². The van der Waals surface area contributed by atoms with E-state index in [0.29, 0.717) is 11.5 Å². The van der Waals surface area contributed by atoms with Crippen LogP contribution in [0, 0.1) is 5.92 Å². The van der Waals surface area contributed by atoms with Crippen molar-refractivity contribution in [1.29, 1.82) is 0 Å². The lowest BCUT2D eigenvalue weighted by molar-refractivity contribution is -0.144. The molecule has 0 aliphatic rings. The topological polar surface area (TPSA) is 56.3 Å². The van der Waals surface area contributed by atoms with Crippen molar-refractivity contribution in [2.75, 3.05) is 12.9 Å². The first-order chi connectivity index (χ1) is 7.63. The van der Waals surface area contributed by atoms with Crippen molar-refractivity contribution >= 4 is 16.8 Å². The summed E-state index contributed by atoms with van der Waals surface area (Å²) < 4.78 is 16.3. The summed E-state index contributed by atoms with van der Waals surface area (Å²) in [6.45, 7) is 1.72. The highest BCUT2D eigenvalue weighted by molar-refractivity contribution is 7.84. The first-order valence-corrected chi connectivity index (χ1v) is 6.44. The number of aromatic nitrogens is 1. The molecule has 2 unspecified atom stereocenters. The molecule has 1 aromatic rings. The molecule has 0 saturated carbocycles. The number of methoxy groups -OCH3 is 1. The second kappa shape index (κ2) is 6.37. The molecule has 0 spiro atoms. The third-order valence-electron chi connectivity index (χ3n) is 2.12. The Kier molecular flexibility index (Phi) is 5.11. The Morgan fingerprint density at radius 1 is 1.50 bits per heavy atom. The number of nitrogens with zero attached hydrogens (tertiary/aromatic N) is 1. The zero-order valence-electron chi connectivity index (χ0n) is 9.38. The molecule has 4 nitrogen and oxygen atoms in total. The molecule has 0 bridgehead atoms. The minimum absolute atomic E-state index is 0.317. The number of ether oxygens (including phenoxy) is 1. The third-order valence-corrected chi connectivity index (χ3v) is 3.64. The van der Waals surface area contributed by atoms with Gasteiger partial charge in [0.2, 0.25) is 0 Å². The van der Waals surface area contributed by atoms with Gasteiger partial charge >= 0.3 is 5.97 Å². The Balaban J connectivity index is 2.45. The molecule has 16 heavy (non-hydrogen) atoms. The maximum Gasteiger partial charge on any atom is 0.309 e. The Bertz CT molecular complexity index is 367. The lowest BCUT2D eigenvalue weighted by atomic mass is 10.2. The van der Waals surface area contributed by atoms with Crippen molar-refractivity contribution in [1.82, 2.24) is 4.98 Å². The third kappa shape index (κ3) is 4.10. The standard InChI is InChI=1S/C11H15NO3S/c1-9(11(13)15-2)7-16(14)8-10-3-5-12-6-4-10/h3-6,9H,7-8H2,1-2H3. The monoisotopic (exact) mass is 241 g/mol. The Morgan fingerprint density at radius 3 is 2.69 bits per heavy atom. The summed E-state index contributed by atoms with van der Waals surface area (Å²) in [5.74, 6) is 0.134. The molecule has 1 aromatic heterocycles. The van der Waals surface area contributed by atoms with Gasteiger partial charge in [0.25, 0.3) is 0 Å². The quantitative estimate of drug-likeness (QED) is 0.725. The van der Waals surface area contributed by atoms with Gasteiger partial charge in [0.1, 0.15) is 0 Å². The molecule has 0 aliphatic carbocycles. The summed E-state index contributed by atoms with van der Waals surface area (Å²) >= 11 is 0. The fraction of sp³-hybridized carbons (Fsp3) is 0.455. The van der Waals surface area contributed by atoms with Crippen LogP contribution < -0.4 is 0 Å². The highest BCUT2D eigenvalue weighted by atomic mass is 32.2. The van der Waals surface area contributed by atoms with Crippen LogP contribution in [0.3, 0.4) is 0 Å². The predicted octanol–water partition coefficient (Wildman–Crippen LogP) is 1.14. The van der Waals surface area contributed by atoms with Crippen molar-refractivity contribution in [2.24, 2.45) is 5.92 Å². The molecule has 0 fully saturated rings. The minimum atomic E-state index is -1.05. The SMILES string of the molecule is COC(=O)C(C)CS(=O)Cc1ccncc1. The van der Waals surface area contributed by atoms with Crippen molar-refractivity contribution in [3.8, 4) is 0 Å². The number of esters is 1. The van der Waals surface area contributed by atoms with Crippen molar-refractivity contribution in [3.05, 3.63) is 30.1 Å². The first kappa shape index (κ1) is 12.8. The molecule has 88 valence electrons. The van der Waals surface area contributed by atoms with Crippen LogP contribution in [-0.2, 0) is 26.1 Å². The number of hydrogen-bond acceptors (Lipinski definition) is 4. The van der Waals surface area contributed by atoms with E-state index in [1.807, 2.05) is 12.1 Å². The van der Waals surface area contributed by atoms with E-state index < -0.39 is 10.8 Å². The number of pyridine rings is 1. The molecule has 5 heteroatoms. The van der Waals surface area contributed by atoms with Gasteiger partial charge < -0.3 is 4.74 Å². The predicted molar refractivity (Wildman–Crippen MR) is 62.1 cm³/mol. The van der Waals surface area contributed by atoms with Crippen LogP contribution in [0.1, 0.15) is 12.5 Å². The van der Waals surface area contributed by atoms with E-state index in [4.69, 9.17) is 0 Å². The highest BCUT2D eigenvalue weighted by Crippen LogP contribution is 2.06. The molecular formula is C11H15NO3S. The van der Waals surface area contributed by atoms with Crippen molar-refractivity contribution < 1.29 is 13.7 Å². The molecule has 0 N–H and O–H groups in total. The average molecular weight is 241 g/mol. The van der Waals surface area contributed by atoms with Crippen molar-refractivity contribution in [2.45, 2.75) is 12.7 Å². The van der Waals surface area contributed by atoms with Crippen LogP contribution in [-0.4, -0.2) is 28.0 Å². The fourth-order valence-corrected chi connectivity index (χ4v) is 2.65. The summed E-state index contributed by atoms with van der Waals surface area (Å²) in [5, 5.41) is 0. The van der Waals surface area contributed by atoms with Crippen LogP contribution in [0.4, 0.5) is 0 Å². The van der Waals surface area contributed by atoms with E-state index in [2.05, 4.69) is 9.72 Å². The van der Waals surface area contributed by atoms with Crippen molar-refractivity contribution in [3.63, 3.8) is 0 Å². The van der Waals surface area contributed by atoms with E-state index in [1.165, 1.54) is 7.11 Å².